The highest BCUT2D eigenvalue weighted by atomic mass is 16.5. The van der Waals surface area contributed by atoms with Crippen LogP contribution in [0, 0.1) is 0 Å². The van der Waals surface area contributed by atoms with Gasteiger partial charge in [0.1, 0.15) is 0 Å². The summed E-state index contributed by atoms with van der Waals surface area (Å²) >= 11 is 0. The molecule has 2 aromatic carbocycles. The van der Waals surface area contributed by atoms with Gasteiger partial charge in [-0.05, 0) is 54.6 Å². The molecule has 0 saturated carbocycles. The van der Waals surface area contributed by atoms with Crippen molar-refractivity contribution in [1.82, 2.24) is 20.1 Å². The molecule has 0 radical (unpaired) electrons. The van der Waals surface area contributed by atoms with E-state index in [1.54, 1.807) is 65.7 Å². The van der Waals surface area contributed by atoms with Crippen LogP contribution in [0.25, 0.3) is 28.2 Å². The summed E-state index contributed by atoms with van der Waals surface area (Å²) in [7, 11) is 0. The molecule has 0 aliphatic carbocycles. The Hall–Kier alpha value is -4.76. The molecule has 9 nitrogen and oxygen atoms in total. The van der Waals surface area contributed by atoms with Crippen LogP contribution in [0.15, 0.2) is 72.6 Å². The fourth-order valence-electron chi connectivity index (χ4n) is 4.90. The second-order valence-corrected chi connectivity index (χ2v) is 9.07. The maximum atomic E-state index is 13.2. The Morgan fingerprint density at radius 1 is 0.974 bits per heavy atom. The number of carbonyl (C=O) groups excluding carboxylic acids is 3. The highest BCUT2D eigenvalue weighted by Gasteiger charge is 2.34. The van der Waals surface area contributed by atoms with Crippen molar-refractivity contribution in [2.45, 2.75) is 6.92 Å². The van der Waals surface area contributed by atoms with E-state index in [0.717, 1.165) is 5.39 Å². The number of fused-ring (bicyclic) bond motifs is 2. The van der Waals surface area contributed by atoms with E-state index in [9.17, 15) is 14.4 Å². The Balaban J connectivity index is 1.49. The number of Topliss-reactive ketones (excluding diaryl/α,β-unsaturated/α-hetero) is 1. The van der Waals surface area contributed by atoms with Crippen LogP contribution >= 0.6 is 0 Å². The zero-order valence-corrected chi connectivity index (χ0v) is 20.6. The van der Waals surface area contributed by atoms with Crippen LogP contribution in [0.5, 0.6) is 0 Å². The van der Waals surface area contributed by atoms with Gasteiger partial charge < -0.3 is 9.64 Å². The minimum atomic E-state index is -0.268. The van der Waals surface area contributed by atoms with Gasteiger partial charge in [0.25, 0.3) is 5.91 Å². The van der Waals surface area contributed by atoms with Gasteiger partial charge >= 0.3 is 0 Å². The quantitative estimate of drug-likeness (QED) is 0.391. The zero-order valence-electron chi connectivity index (χ0n) is 20.6. The van der Waals surface area contributed by atoms with Gasteiger partial charge in [-0.2, -0.15) is 10.2 Å². The average molecular weight is 506 g/mol. The molecule has 2 aliphatic heterocycles. The molecular weight excluding hydrogens is 482 g/mol. The van der Waals surface area contributed by atoms with E-state index >= 15 is 0 Å². The summed E-state index contributed by atoms with van der Waals surface area (Å²) in [4.78, 5) is 46.9. The molecule has 1 saturated heterocycles. The lowest BCUT2D eigenvalue weighted by Crippen LogP contribution is -2.40. The summed E-state index contributed by atoms with van der Waals surface area (Å²) in [6.07, 6.45) is 3.21. The highest BCUT2D eigenvalue weighted by Crippen LogP contribution is 2.36. The number of hydrogen-bond acceptors (Lipinski definition) is 7. The number of benzene rings is 2. The maximum absolute atomic E-state index is 13.2. The van der Waals surface area contributed by atoms with E-state index in [-0.39, 0.29) is 23.3 Å². The molecule has 0 atom stereocenters. The molecule has 2 amide bonds. The smallest absolute Gasteiger partial charge is 0.254 e. The molecule has 4 heterocycles. The Bertz CT molecular complexity index is 1630. The monoisotopic (exact) mass is 505 g/mol. The summed E-state index contributed by atoms with van der Waals surface area (Å²) in [5.41, 5.74) is 4.21. The number of hydrogen-bond donors (Lipinski definition) is 0. The number of pyridine rings is 1. The fourth-order valence-corrected chi connectivity index (χ4v) is 4.90. The summed E-state index contributed by atoms with van der Waals surface area (Å²) in [5.74, 6) is -0.584. The van der Waals surface area contributed by atoms with Gasteiger partial charge in [-0.25, -0.2) is 4.98 Å². The molecule has 0 bridgehead atoms. The first kappa shape index (κ1) is 23.6. The highest BCUT2D eigenvalue weighted by molar-refractivity contribution is 6.26. The number of anilines is 1. The standard InChI is InChI=1S/C29H23N5O4/c1-18(35)34-26-7-3-2-5-21(26)28(36)27(34)17-20-16-23(25-6-4-10-30-32-25)22-15-19(8-9-24(22)31-20)29(37)33-11-13-38-14-12-33/h2-10,15-17H,11-14H2,1H3/b27-17+. The number of morpholine rings is 1. The molecular formula is C29H23N5O4. The average Bonchev–Trinajstić information content (AvgIpc) is 3.24. The van der Waals surface area contributed by atoms with Crippen LogP contribution in [0.3, 0.4) is 0 Å². The Morgan fingerprint density at radius 2 is 1.79 bits per heavy atom. The number of carbonyl (C=O) groups is 3. The van der Waals surface area contributed by atoms with Crippen molar-refractivity contribution in [2.24, 2.45) is 0 Å². The third-order valence-corrected chi connectivity index (χ3v) is 6.68. The number of rotatable bonds is 3. The number of para-hydroxylation sites is 1. The normalized spacial score (nSPS) is 16.2. The number of nitrogens with zero attached hydrogens (tertiary/aromatic N) is 5. The van der Waals surface area contributed by atoms with Crippen LogP contribution in [-0.4, -0.2) is 64.0 Å². The van der Waals surface area contributed by atoms with Crippen LogP contribution in [0.2, 0.25) is 0 Å². The first-order valence-corrected chi connectivity index (χ1v) is 12.3. The predicted molar refractivity (Wildman–Crippen MR) is 141 cm³/mol. The second-order valence-electron chi connectivity index (χ2n) is 9.07. The van der Waals surface area contributed by atoms with Crippen LogP contribution < -0.4 is 4.90 Å². The topological polar surface area (TPSA) is 106 Å². The van der Waals surface area contributed by atoms with Crippen LogP contribution in [0.1, 0.15) is 33.3 Å². The van der Waals surface area contributed by atoms with Gasteiger partial charge in [0, 0.05) is 48.3 Å². The summed E-state index contributed by atoms with van der Waals surface area (Å²) in [6, 6.07) is 17.8. The molecule has 4 aromatic rings. The molecule has 188 valence electrons. The van der Waals surface area contributed by atoms with E-state index in [4.69, 9.17) is 9.72 Å². The van der Waals surface area contributed by atoms with Gasteiger partial charge in [-0.1, -0.05) is 12.1 Å². The van der Waals surface area contributed by atoms with Crippen molar-refractivity contribution in [1.29, 1.82) is 0 Å². The van der Waals surface area contributed by atoms with E-state index in [1.165, 1.54) is 11.8 Å². The Labute approximate surface area is 218 Å². The first-order valence-electron chi connectivity index (χ1n) is 12.3. The molecule has 38 heavy (non-hydrogen) atoms. The summed E-state index contributed by atoms with van der Waals surface area (Å²) in [5, 5.41) is 9.04. The van der Waals surface area contributed by atoms with Crippen molar-refractivity contribution in [2.75, 3.05) is 31.2 Å². The van der Waals surface area contributed by atoms with Crippen molar-refractivity contribution in [3.63, 3.8) is 0 Å². The molecule has 6 rings (SSSR count). The molecule has 2 aliphatic rings. The van der Waals surface area contributed by atoms with Crippen molar-refractivity contribution >= 4 is 40.3 Å². The fraction of sp³-hybridized carbons (Fsp3) is 0.172. The second kappa shape index (κ2) is 9.60. The minimum Gasteiger partial charge on any atom is -0.378 e. The predicted octanol–water partition coefficient (Wildman–Crippen LogP) is 3.75. The van der Waals surface area contributed by atoms with Crippen molar-refractivity contribution < 1.29 is 19.1 Å². The third kappa shape index (κ3) is 4.12. The molecule has 9 heteroatoms. The molecule has 2 aromatic heterocycles. The van der Waals surface area contributed by atoms with Crippen molar-refractivity contribution in [3.8, 4) is 11.3 Å². The van der Waals surface area contributed by atoms with Gasteiger partial charge in [0.05, 0.1) is 41.5 Å². The lowest BCUT2D eigenvalue weighted by atomic mass is 10.0. The van der Waals surface area contributed by atoms with E-state index in [0.29, 0.717) is 65.6 Å². The number of aromatic nitrogens is 3. The maximum Gasteiger partial charge on any atom is 0.254 e. The third-order valence-electron chi connectivity index (χ3n) is 6.68. The van der Waals surface area contributed by atoms with Gasteiger partial charge in [0.15, 0.2) is 0 Å². The van der Waals surface area contributed by atoms with E-state index in [2.05, 4.69) is 10.2 Å². The number of ketones is 1. The van der Waals surface area contributed by atoms with Gasteiger partial charge in [-0.3, -0.25) is 19.3 Å². The number of allylic oxidation sites excluding steroid dienone is 1. The van der Waals surface area contributed by atoms with Crippen LogP contribution in [-0.2, 0) is 9.53 Å². The molecule has 1 fully saturated rings. The molecule has 0 unspecified atom stereocenters. The zero-order chi connectivity index (χ0) is 26.2. The lowest BCUT2D eigenvalue weighted by Gasteiger charge is -2.27. The molecule has 0 N–H and O–H groups in total. The Kier molecular flexibility index (Phi) is 5.97. The largest absolute Gasteiger partial charge is 0.378 e. The number of ether oxygens (including phenoxy) is 1. The first-order chi connectivity index (χ1) is 18.5. The molecule has 0 spiro atoms. The minimum absolute atomic E-state index is 0.0714. The SMILES string of the molecule is CC(=O)N1/C(=C/c2cc(-c3cccnn3)c3cc(C(=O)N4CCOCC4)ccc3n2)C(=O)c2ccccc21. The lowest BCUT2D eigenvalue weighted by molar-refractivity contribution is -0.116. The van der Waals surface area contributed by atoms with Crippen LogP contribution in [0.4, 0.5) is 5.69 Å². The van der Waals surface area contributed by atoms with Gasteiger partial charge in [-0.15, -0.1) is 0 Å². The summed E-state index contributed by atoms with van der Waals surface area (Å²) < 4.78 is 5.38. The van der Waals surface area contributed by atoms with Crippen molar-refractivity contribution in [3.05, 3.63) is 89.4 Å². The Morgan fingerprint density at radius 3 is 2.55 bits per heavy atom. The van der Waals surface area contributed by atoms with E-state index < -0.39 is 0 Å². The van der Waals surface area contributed by atoms with Gasteiger partial charge in [0.2, 0.25) is 11.7 Å². The summed E-state index contributed by atoms with van der Waals surface area (Å²) in [6.45, 7) is 3.55. The van der Waals surface area contributed by atoms with E-state index in [1.807, 2.05) is 12.1 Å². The number of amides is 2.